The molecule has 0 bridgehead atoms. The van der Waals surface area contributed by atoms with E-state index in [9.17, 15) is 15.0 Å². The second kappa shape index (κ2) is 10.3. The zero-order chi connectivity index (χ0) is 30.5. The summed E-state index contributed by atoms with van der Waals surface area (Å²) in [6.07, 6.45) is 12.7. The van der Waals surface area contributed by atoms with Crippen molar-refractivity contribution < 1.29 is 15.0 Å². The molecule has 0 radical (unpaired) electrons. The summed E-state index contributed by atoms with van der Waals surface area (Å²) in [5.41, 5.74) is 1.22. The molecule has 6 aliphatic rings. The largest absolute Gasteiger partial charge is 0.396 e. The Morgan fingerprint density at radius 1 is 0.857 bits per heavy atom. The van der Waals surface area contributed by atoms with Crippen molar-refractivity contribution in [2.75, 3.05) is 33.8 Å². The second-order valence-electron chi connectivity index (χ2n) is 17.5. The summed E-state index contributed by atoms with van der Waals surface area (Å²) < 4.78 is 0. The van der Waals surface area contributed by atoms with E-state index in [0.29, 0.717) is 41.5 Å². The lowest BCUT2D eigenvalue weighted by atomic mass is 9.32. The Hall–Kier alpha value is -0.910. The molecule has 238 valence electrons. The van der Waals surface area contributed by atoms with Gasteiger partial charge in [-0.05, 0) is 144 Å². The molecule has 1 aliphatic heterocycles. The standard InChI is InChI=1S/C37H62N2O3/c1-24(2)26-11-18-37(32(42)39-21-14-25(15-22-39)38(7)8)20-19-35(5)27(31(26)37)9-10-29-33(3)16-13-30(41)34(4,23-40)28(33)12-17-36(29,35)6/h25-31,40-41H,1,9-23H2,2-8H3/t26-,27?,28?,29?,30-,31?,33-,34-,35+,36+,37-/m0/s1. The number of aliphatic hydroxyl groups is 2. The molecule has 6 fully saturated rings. The van der Waals surface area contributed by atoms with Crippen LogP contribution in [0.4, 0.5) is 0 Å². The van der Waals surface area contributed by atoms with E-state index in [4.69, 9.17) is 0 Å². The van der Waals surface area contributed by atoms with E-state index < -0.39 is 11.5 Å². The Labute approximate surface area is 256 Å². The summed E-state index contributed by atoms with van der Waals surface area (Å²) in [7, 11) is 4.36. The van der Waals surface area contributed by atoms with Crippen molar-refractivity contribution in [3.8, 4) is 0 Å². The van der Waals surface area contributed by atoms with E-state index in [1.165, 1.54) is 24.8 Å². The zero-order valence-corrected chi connectivity index (χ0v) is 28.1. The van der Waals surface area contributed by atoms with E-state index >= 15 is 0 Å². The van der Waals surface area contributed by atoms with Gasteiger partial charge in [-0.2, -0.15) is 0 Å². The van der Waals surface area contributed by atoms with Gasteiger partial charge in [-0.1, -0.05) is 39.8 Å². The van der Waals surface area contributed by atoms with Crippen LogP contribution in [0, 0.1) is 56.7 Å². The number of hydrogen-bond acceptors (Lipinski definition) is 4. The number of carbonyl (C=O) groups excluding carboxylic acids is 1. The molecular formula is C37H62N2O3. The van der Waals surface area contributed by atoms with E-state index in [1.54, 1.807) is 0 Å². The Morgan fingerprint density at radius 3 is 2.17 bits per heavy atom. The number of nitrogens with zero attached hydrogens (tertiary/aromatic N) is 2. The Kier molecular flexibility index (Phi) is 7.63. The molecule has 0 aromatic heterocycles. The first-order chi connectivity index (χ1) is 19.7. The van der Waals surface area contributed by atoms with Gasteiger partial charge < -0.3 is 20.0 Å². The molecule has 5 heteroatoms. The van der Waals surface area contributed by atoms with Crippen LogP contribution < -0.4 is 0 Å². The molecule has 5 saturated carbocycles. The van der Waals surface area contributed by atoms with Crippen LogP contribution in [0.15, 0.2) is 12.2 Å². The predicted octanol–water partition coefficient (Wildman–Crippen LogP) is 6.53. The number of piperidine rings is 1. The minimum atomic E-state index is -0.407. The topological polar surface area (TPSA) is 64.0 Å². The summed E-state index contributed by atoms with van der Waals surface area (Å²) >= 11 is 0. The first kappa shape index (κ1) is 31.1. The van der Waals surface area contributed by atoms with Crippen LogP contribution in [-0.2, 0) is 4.79 Å². The number of rotatable bonds is 4. The van der Waals surface area contributed by atoms with E-state index in [1.807, 2.05) is 0 Å². The van der Waals surface area contributed by atoms with Gasteiger partial charge in [0.15, 0.2) is 0 Å². The molecular weight excluding hydrogens is 520 g/mol. The number of hydrogen-bond donors (Lipinski definition) is 2. The molecule has 1 saturated heterocycles. The van der Waals surface area contributed by atoms with Crippen molar-refractivity contribution in [1.29, 1.82) is 0 Å². The van der Waals surface area contributed by atoms with Crippen LogP contribution in [0.25, 0.3) is 0 Å². The highest BCUT2D eigenvalue weighted by molar-refractivity contribution is 5.84. The van der Waals surface area contributed by atoms with Gasteiger partial charge in [0.25, 0.3) is 0 Å². The van der Waals surface area contributed by atoms with Crippen LogP contribution >= 0.6 is 0 Å². The molecule has 0 aromatic rings. The zero-order valence-electron chi connectivity index (χ0n) is 28.1. The number of carbonyl (C=O) groups is 1. The van der Waals surface area contributed by atoms with Crippen molar-refractivity contribution in [3.05, 3.63) is 12.2 Å². The second-order valence-corrected chi connectivity index (χ2v) is 17.5. The summed E-state index contributed by atoms with van der Waals surface area (Å²) in [6.45, 7) is 18.6. The van der Waals surface area contributed by atoms with Crippen molar-refractivity contribution in [2.45, 2.75) is 124 Å². The quantitative estimate of drug-likeness (QED) is 0.370. The van der Waals surface area contributed by atoms with Crippen LogP contribution in [0.2, 0.25) is 0 Å². The highest BCUT2D eigenvalue weighted by Gasteiger charge is 2.72. The molecule has 11 atom stereocenters. The van der Waals surface area contributed by atoms with Crippen molar-refractivity contribution in [2.24, 2.45) is 56.7 Å². The molecule has 1 heterocycles. The minimum Gasteiger partial charge on any atom is -0.396 e. The van der Waals surface area contributed by atoms with Crippen LogP contribution in [0.1, 0.15) is 112 Å². The first-order valence-electron chi connectivity index (χ1n) is 17.6. The van der Waals surface area contributed by atoms with Gasteiger partial charge in [-0.15, -0.1) is 0 Å². The third kappa shape index (κ3) is 4.00. The maximum Gasteiger partial charge on any atom is 0.229 e. The maximum atomic E-state index is 14.8. The molecule has 0 aromatic carbocycles. The van der Waals surface area contributed by atoms with Crippen molar-refractivity contribution in [3.63, 3.8) is 0 Å². The molecule has 0 spiro atoms. The van der Waals surface area contributed by atoms with Crippen molar-refractivity contribution in [1.82, 2.24) is 9.80 Å². The monoisotopic (exact) mass is 582 g/mol. The van der Waals surface area contributed by atoms with Crippen LogP contribution in [-0.4, -0.2) is 71.9 Å². The van der Waals surface area contributed by atoms with E-state index in [-0.39, 0.29) is 28.3 Å². The molecule has 5 nitrogen and oxygen atoms in total. The fraction of sp³-hybridized carbons (Fsp3) is 0.919. The minimum absolute atomic E-state index is 0.0799. The van der Waals surface area contributed by atoms with E-state index in [0.717, 1.165) is 70.9 Å². The molecule has 4 unspecified atom stereocenters. The number of aliphatic hydroxyl groups excluding tert-OH is 2. The van der Waals surface area contributed by atoms with Gasteiger partial charge in [-0.3, -0.25) is 4.79 Å². The predicted molar refractivity (Wildman–Crippen MR) is 170 cm³/mol. The lowest BCUT2D eigenvalue weighted by Gasteiger charge is -2.73. The van der Waals surface area contributed by atoms with Gasteiger partial charge in [-0.25, -0.2) is 0 Å². The van der Waals surface area contributed by atoms with Crippen molar-refractivity contribution >= 4 is 5.91 Å². The first-order valence-corrected chi connectivity index (χ1v) is 17.6. The number of likely N-dealkylation sites (tertiary alicyclic amines) is 1. The summed E-state index contributed by atoms with van der Waals surface area (Å²) in [4.78, 5) is 19.4. The van der Waals surface area contributed by atoms with E-state index in [2.05, 4.69) is 65.1 Å². The molecule has 6 rings (SSSR count). The Morgan fingerprint density at radius 2 is 1.55 bits per heavy atom. The van der Waals surface area contributed by atoms with Gasteiger partial charge in [0.2, 0.25) is 5.91 Å². The average Bonchev–Trinajstić information content (AvgIpc) is 3.36. The highest BCUT2D eigenvalue weighted by atomic mass is 16.3. The number of allylic oxidation sites excluding steroid dienone is 1. The molecule has 1 amide bonds. The maximum absolute atomic E-state index is 14.8. The van der Waals surface area contributed by atoms with Crippen LogP contribution in [0.3, 0.4) is 0 Å². The lowest BCUT2D eigenvalue weighted by Crippen LogP contribution is -2.68. The third-order valence-corrected chi connectivity index (χ3v) is 16.1. The summed E-state index contributed by atoms with van der Waals surface area (Å²) in [5.74, 6) is 2.86. The fourth-order valence-electron chi connectivity index (χ4n) is 13.4. The SMILES string of the molecule is C=C(C)[C@@H]1CC[C@]2(C(=O)N3CCC(N(C)C)CC3)CC[C@]3(C)C(CCC4[C@@]5(C)CC[C@H](O)[C@@](C)(CO)C5CC[C@]43C)C12. The summed E-state index contributed by atoms with van der Waals surface area (Å²) in [5, 5.41) is 21.7. The molecule has 42 heavy (non-hydrogen) atoms. The van der Waals surface area contributed by atoms with Gasteiger partial charge >= 0.3 is 0 Å². The number of amides is 1. The lowest BCUT2D eigenvalue weighted by molar-refractivity contribution is -0.253. The Balaban J connectivity index is 1.34. The van der Waals surface area contributed by atoms with Gasteiger partial charge in [0.1, 0.15) is 0 Å². The Bertz CT molecular complexity index is 1080. The van der Waals surface area contributed by atoms with Gasteiger partial charge in [0.05, 0.1) is 18.1 Å². The van der Waals surface area contributed by atoms with Gasteiger partial charge in [0, 0.05) is 24.5 Å². The molecule has 5 aliphatic carbocycles. The summed E-state index contributed by atoms with van der Waals surface area (Å²) in [6, 6.07) is 0.587. The average molecular weight is 583 g/mol. The fourth-order valence-corrected chi connectivity index (χ4v) is 13.4. The molecule has 2 N–H and O–H groups in total. The van der Waals surface area contributed by atoms with Crippen LogP contribution in [0.5, 0.6) is 0 Å². The normalized spacial score (nSPS) is 51.0. The number of fused-ring (bicyclic) bond motifs is 7. The smallest absolute Gasteiger partial charge is 0.229 e. The third-order valence-electron chi connectivity index (χ3n) is 16.1. The highest BCUT2D eigenvalue weighted by Crippen LogP contribution is 2.77.